The Balaban J connectivity index is 1.38. The molecule has 4 rings (SSSR count). The van der Waals surface area contributed by atoms with Gasteiger partial charge in [0.2, 0.25) is 10.0 Å². The van der Waals surface area contributed by atoms with Gasteiger partial charge in [-0.25, -0.2) is 8.42 Å². The summed E-state index contributed by atoms with van der Waals surface area (Å²) in [5.74, 6) is -0.281. The van der Waals surface area contributed by atoms with Gasteiger partial charge in [-0.1, -0.05) is 30.3 Å². The largest absolute Gasteiger partial charge is 0.379 e. The molecule has 7 nitrogen and oxygen atoms in total. The maximum absolute atomic E-state index is 12.8. The maximum Gasteiger partial charge on any atom is 0.251 e. The first-order chi connectivity index (χ1) is 15.0. The van der Waals surface area contributed by atoms with Crippen LogP contribution in [0.3, 0.4) is 0 Å². The van der Waals surface area contributed by atoms with E-state index in [9.17, 15) is 13.2 Å². The smallest absolute Gasteiger partial charge is 0.251 e. The number of carbonyl (C=O) groups is 1. The molecule has 0 unspecified atom stereocenters. The van der Waals surface area contributed by atoms with Crippen LogP contribution >= 0.6 is 0 Å². The lowest BCUT2D eigenvalue weighted by molar-refractivity contribution is 0.0342. The second-order valence-electron chi connectivity index (χ2n) is 8.03. The summed E-state index contributed by atoms with van der Waals surface area (Å²) in [6.45, 7) is 5.72. The summed E-state index contributed by atoms with van der Waals surface area (Å²) in [5, 5.41) is 2.91. The number of sulfonamides is 1. The number of ether oxygens (including phenoxy) is 1. The number of nitrogens with zero attached hydrogens (tertiary/aromatic N) is 2. The van der Waals surface area contributed by atoms with E-state index >= 15 is 0 Å². The Labute approximate surface area is 184 Å². The molecular formula is C23H29N3O4S. The van der Waals surface area contributed by atoms with E-state index in [4.69, 9.17) is 4.74 Å². The molecule has 0 bridgehead atoms. The molecule has 0 atom stereocenters. The summed E-state index contributed by atoms with van der Waals surface area (Å²) < 4.78 is 32.4. The molecule has 1 amide bonds. The van der Waals surface area contributed by atoms with Gasteiger partial charge in [-0.2, -0.15) is 4.31 Å². The highest BCUT2D eigenvalue weighted by molar-refractivity contribution is 7.89. The number of hydrogen-bond donors (Lipinski definition) is 1. The average molecular weight is 444 g/mol. The molecule has 2 aliphatic rings. The topological polar surface area (TPSA) is 79.0 Å². The van der Waals surface area contributed by atoms with E-state index in [1.54, 1.807) is 18.2 Å². The van der Waals surface area contributed by atoms with Crippen LogP contribution in [-0.4, -0.2) is 62.9 Å². The minimum Gasteiger partial charge on any atom is -0.379 e. The molecule has 0 spiro atoms. The third-order valence-corrected chi connectivity index (χ3v) is 7.65. The van der Waals surface area contributed by atoms with Crippen LogP contribution in [0.1, 0.15) is 34.3 Å². The van der Waals surface area contributed by atoms with Crippen molar-refractivity contribution in [2.75, 3.05) is 39.4 Å². The van der Waals surface area contributed by atoms with Gasteiger partial charge in [-0.3, -0.25) is 9.69 Å². The number of rotatable bonds is 7. The summed E-state index contributed by atoms with van der Waals surface area (Å²) in [6, 6.07) is 14.5. The highest BCUT2D eigenvalue weighted by Gasteiger charge is 2.27. The zero-order valence-electron chi connectivity index (χ0n) is 17.6. The Morgan fingerprint density at radius 2 is 1.65 bits per heavy atom. The van der Waals surface area contributed by atoms with Crippen molar-refractivity contribution in [3.05, 3.63) is 65.2 Å². The van der Waals surface area contributed by atoms with Gasteiger partial charge >= 0.3 is 0 Å². The molecule has 2 aromatic rings. The Morgan fingerprint density at radius 3 is 2.42 bits per heavy atom. The van der Waals surface area contributed by atoms with Crippen LogP contribution in [0.2, 0.25) is 0 Å². The minimum atomic E-state index is -3.54. The molecular weight excluding hydrogens is 414 g/mol. The van der Waals surface area contributed by atoms with Gasteiger partial charge in [-0.05, 0) is 42.2 Å². The Hall–Kier alpha value is -2.26. The zero-order valence-corrected chi connectivity index (χ0v) is 18.4. The van der Waals surface area contributed by atoms with Crippen LogP contribution in [0.15, 0.2) is 53.4 Å². The first-order valence-electron chi connectivity index (χ1n) is 10.8. The van der Waals surface area contributed by atoms with Crippen LogP contribution < -0.4 is 5.32 Å². The predicted octanol–water partition coefficient (Wildman–Crippen LogP) is 2.23. The van der Waals surface area contributed by atoms with Crippen LogP contribution in [0.4, 0.5) is 0 Å². The van der Waals surface area contributed by atoms with Gasteiger partial charge in [0.05, 0.1) is 18.1 Å². The second-order valence-corrected chi connectivity index (χ2v) is 9.97. The predicted molar refractivity (Wildman–Crippen MR) is 118 cm³/mol. The molecule has 1 N–H and O–H groups in total. The molecule has 8 heteroatoms. The van der Waals surface area contributed by atoms with Crippen LogP contribution in [-0.2, 0) is 27.8 Å². The van der Waals surface area contributed by atoms with E-state index in [-0.39, 0.29) is 10.8 Å². The van der Waals surface area contributed by atoms with Crippen LogP contribution in [0, 0.1) is 0 Å². The third-order valence-electron chi connectivity index (χ3n) is 5.75. The van der Waals surface area contributed by atoms with Crippen LogP contribution in [0.25, 0.3) is 0 Å². The normalized spacial score (nSPS) is 18.2. The molecule has 31 heavy (non-hydrogen) atoms. The molecule has 2 heterocycles. The van der Waals surface area contributed by atoms with Crippen LogP contribution in [0.5, 0.6) is 0 Å². The van der Waals surface area contributed by atoms with E-state index in [2.05, 4.69) is 22.3 Å². The van der Waals surface area contributed by atoms with Gasteiger partial charge in [0, 0.05) is 44.8 Å². The number of hydrogen-bond acceptors (Lipinski definition) is 5. The summed E-state index contributed by atoms with van der Waals surface area (Å²) in [6.07, 6.45) is 1.76. The van der Waals surface area contributed by atoms with E-state index in [1.807, 2.05) is 12.1 Å². The summed E-state index contributed by atoms with van der Waals surface area (Å²) in [7, 11) is -3.54. The molecule has 0 aliphatic carbocycles. The first kappa shape index (κ1) is 22.0. The molecule has 2 saturated heterocycles. The lowest BCUT2D eigenvalue weighted by Gasteiger charge is -2.26. The van der Waals surface area contributed by atoms with Gasteiger partial charge < -0.3 is 10.1 Å². The standard InChI is InChI=1S/C23H29N3O4S/c27-23(21-7-4-8-22(16-21)31(28,29)26-9-1-2-10-26)24-17-19-5-3-6-20(15-19)18-25-11-13-30-14-12-25/h3-8,15-16H,1-2,9-14,17-18H2,(H,24,27). The van der Waals surface area contributed by atoms with Gasteiger partial charge in [0.1, 0.15) is 0 Å². The lowest BCUT2D eigenvalue weighted by Crippen LogP contribution is -2.35. The summed E-state index contributed by atoms with van der Waals surface area (Å²) >= 11 is 0. The van der Waals surface area contributed by atoms with Crippen molar-refractivity contribution >= 4 is 15.9 Å². The third kappa shape index (κ3) is 5.51. The van der Waals surface area contributed by atoms with E-state index in [0.717, 1.165) is 51.3 Å². The number of carbonyl (C=O) groups excluding carboxylic acids is 1. The highest BCUT2D eigenvalue weighted by Crippen LogP contribution is 2.21. The SMILES string of the molecule is O=C(NCc1cccc(CN2CCOCC2)c1)c1cccc(S(=O)(=O)N2CCCC2)c1. The molecule has 2 aliphatic heterocycles. The van der Waals surface area contributed by atoms with Crippen molar-refractivity contribution in [3.63, 3.8) is 0 Å². The minimum absolute atomic E-state index is 0.176. The van der Waals surface area contributed by atoms with Gasteiger partial charge in [-0.15, -0.1) is 0 Å². The van der Waals surface area contributed by atoms with E-state index in [1.165, 1.54) is 15.9 Å². The number of amides is 1. The van der Waals surface area contributed by atoms with Crippen molar-refractivity contribution in [1.29, 1.82) is 0 Å². The number of nitrogens with one attached hydrogen (secondary N) is 1. The molecule has 0 radical (unpaired) electrons. The van der Waals surface area contributed by atoms with Crippen molar-refractivity contribution in [2.45, 2.75) is 30.8 Å². The Bertz CT molecular complexity index is 1010. The molecule has 0 saturated carbocycles. The average Bonchev–Trinajstić information content (AvgIpc) is 3.35. The lowest BCUT2D eigenvalue weighted by atomic mass is 10.1. The maximum atomic E-state index is 12.8. The summed E-state index contributed by atoms with van der Waals surface area (Å²) in [5.41, 5.74) is 2.57. The Kier molecular flexibility index (Phi) is 7.02. The second kappa shape index (κ2) is 9.91. The van der Waals surface area contributed by atoms with E-state index < -0.39 is 10.0 Å². The van der Waals surface area contributed by atoms with Crippen molar-refractivity contribution in [1.82, 2.24) is 14.5 Å². The van der Waals surface area contributed by atoms with Crippen molar-refractivity contribution in [3.8, 4) is 0 Å². The molecule has 2 aromatic carbocycles. The Morgan fingerprint density at radius 1 is 0.935 bits per heavy atom. The monoisotopic (exact) mass is 443 g/mol. The van der Waals surface area contributed by atoms with Gasteiger partial charge in [0.15, 0.2) is 0 Å². The fraction of sp³-hybridized carbons (Fsp3) is 0.435. The van der Waals surface area contributed by atoms with E-state index in [0.29, 0.717) is 25.2 Å². The van der Waals surface area contributed by atoms with Crippen molar-refractivity contribution in [2.24, 2.45) is 0 Å². The quantitative estimate of drug-likeness (QED) is 0.710. The number of morpholine rings is 1. The summed E-state index contributed by atoms with van der Waals surface area (Å²) in [4.78, 5) is 15.2. The number of benzene rings is 2. The highest BCUT2D eigenvalue weighted by atomic mass is 32.2. The molecule has 166 valence electrons. The fourth-order valence-electron chi connectivity index (χ4n) is 4.02. The molecule has 2 fully saturated rings. The first-order valence-corrected chi connectivity index (χ1v) is 12.2. The van der Waals surface area contributed by atoms with Crippen molar-refractivity contribution < 1.29 is 17.9 Å². The zero-order chi connectivity index (χ0) is 21.7. The fourth-order valence-corrected chi connectivity index (χ4v) is 5.58. The molecule has 0 aromatic heterocycles. The van der Waals surface area contributed by atoms with Gasteiger partial charge in [0.25, 0.3) is 5.91 Å².